The maximum absolute atomic E-state index is 10.4. The van der Waals surface area contributed by atoms with Gasteiger partial charge in [0.25, 0.3) is 0 Å². The number of phenols is 2. The summed E-state index contributed by atoms with van der Waals surface area (Å²) in [6, 6.07) is 0. The molecule has 1 aromatic carbocycles. The van der Waals surface area contributed by atoms with Crippen molar-refractivity contribution in [3.8, 4) is 11.5 Å². The number of aldehydes is 2. The minimum absolute atomic E-state index is 0.234. The lowest BCUT2D eigenvalue weighted by atomic mass is 10.1. The van der Waals surface area contributed by atoms with Crippen molar-refractivity contribution in [3.63, 3.8) is 0 Å². The lowest BCUT2D eigenvalue weighted by molar-refractivity contribution is 0.110. The number of carbonyl (C=O) groups is 2. The van der Waals surface area contributed by atoms with E-state index in [1.165, 1.54) is 0 Å². The van der Waals surface area contributed by atoms with E-state index in [0.717, 1.165) is 0 Å². The number of benzene rings is 1. The molecule has 0 aromatic heterocycles. The molecule has 0 amide bonds. The van der Waals surface area contributed by atoms with Crippen LogP contribution in [0.3, 0.4) is 0 Å². The Hall–Kier alpha value is -1.26. The Bertz CT molecular complexity index is 346. The number of hydrogen-bond donors (Lipinski definition) is 2. The Balaban J connectivity index is 3.71. The summed E-state index contributed by atoms with van der Waals surface area (Å²) in [6.45, 7) is 0. The molecule has 1 aromatic rings. The molecular formula is C8H4Cl2O4. The van der Waals surface area contributed by atoms with Crippen molar-refractivity contribution in [2.45, 2.75) is 0 Å². The van der Waals surface area contributed by atoms with Gasteiger partial charge >= 0.3 is 0 Å². The molecule has 4 nitrogen and oxygen atoms in total. The van der Waals surface area contributed by atoms with E-state index in [-0.39, 0.29) is 23.7 Å². The van der Waals surface area contributed by atoms with Gasteiger partial charge in [-0.1, -0.05) is 23.2 Å². The third-order valence-corrected chi connectivity index (χ3v) is 2.40. The van der Waals surface area contributed by atoms with E-state index < -0.39 is 21.5 Å². The van der Waals surface area contributed by atoms with Crippen LogP contribution in [-0.2, 0) is 0 Å². The molecule has 0 spiro atoms. The summed E-state index contributed by atoms with van der Waals surface area (Å²) >= 11 is 11.0. The minimum atomic E-state index is -0.619. The van der Waals surface area contributed by atoms with Crippen molar-refractivity contribution < 1.29 is 19.8 Å². The highest BCUT2D eigenvalue weighted by Crippen LogP contribution is 2.41. The fraction of sp³-hybridized carbons (Fsp3) is 0. The van der Waals surface area contributed by atoms with Crippen LogP contribution in [0, 0.1) is 0 Å². The summed E-state index contributed by atoms with van der Waals surface area (Å²) in [7, 11) is 0. The number of rotatable bonds is 2. The highest BCUT2D eigenvalue weighted by molar-refractivity contribution is 6.39. The van der Waals surface area contributed by atoms with Crippen molar-refractivity contribution in [2.75, 3.05) is 0 Å². The van der Waals surface area contributed by atoms with Gasteiger partial charge in [0.2, 0.25) is 0 Å². The van der Waals surface area contributed by atoms with E-state index in [1.807, 2.05) is 0 Å². The number of hydrogen-bond acceptors (Lipinski definition) is 4. The maximum Gasteiger partial charge on any atom is 0.155 e. The van der Waals surface area contributed by atoms with Crippen molar-refractivity contribution in [2.24, 2.45) is 0 Å². The monoisotopic (exact) mass is 234 g/mol. The maximum atomic E-state index is 10.4. The first-order valence-electron chi connectivity index (χ1n) is 3.37. The van der Waals surface area contributed by atoms with Crippen molar-refractivity contribution in [1.29, 1.82) is 0 Å². The van der Waals surface area contributed by atoms with Gasteiger partial charge in [0.1, 0.15) is 11.5 Å². The first kappa shape index (κ1) is 10.8. The van der Waals surface area contributed by atoms with Gasteiger partial charge in [0.15, 0.2) is 12.6 Å². The van der Waals surface area contributed by atoms with Crippen LogP contribution in [0.2, 0.25) is 10.0 Å². The van der Waals surface area contributed by atoms with Crippen LogP contribution < -0.4 is 0 Å². The predicted molar refractivity (Wildman–Crippen MR) is 50.6 cm³/mol. The lowest BCUT2D eigenvalue weighted by Gasteiger charge is -2.07. The van der Waals surface area contributed by atoms with E-state index >= 15 is 0 Å². The summed E-state index contributed by atoms with van der Waals surface area (Å²) < 4.78 is 0. The second kappa shape index (κ2) is 3.86. The molecule has 0 aliphatic carbocycles. The second-order valence-electron chi connectivity index (χ2n) is 2.39. The zero-order chi connectivity index (χ0) is 10.9. The molecule has 0 heterocycles. The molecule has 1 rings (SSSR count). The molecule has 0 bridgehead atoms. The van der Waals surface area contributed by atoms with Crippen LogP contribution in [0.5, 0.6) is 11.5 Å². The summed E-state index contributed by atoms with van der Waals surface area (Å²) in [4.78, 5) is 20.9. The normalized spacial score (nSPS) is 9.86. The highest BCUT2D eigenvalue weighted by Gasteiger charge is 2.20. The van der Waals surface area contributed by atoms with Gasteiger partial charge in [-0.2, -0.15) is 0 Å². The van der Waals surface area contributed by atoms with Crippen molar-refractivity contribution in [3.05, 3.63) is 21.2 Å². The van der Waals surface area contributed by atoms with Gasteiger partial charge in [-0.15, -0.1) is 0 Å². The molecular weight excluding hydrogens is 231 g/mol. The van der Waals surface area contributed by atoms with E-state index in [4.69, 9.17) is 23.2 Å². The molecule has 0 fully saturated rings. The summed E-state index contributed by atoms with van der Waals surface area (Å²) in [5.41, 5.74) is -0.695. The molecule has 0 aliphatic heterocycles. The van der Waals surface area contributed by atoms with Crippen LogP contribution in [-0.4, -0.2) is 22.8 Å². The number of halogens is 2. The quantitative estimate of drug-likeness (QED) is 0.607. The molecule has 0 saturated heterocycles. The van der Waals surface area contributed by atoms with Gasteiger partial charge in [0, 0.05) is 0 Å². The molecule has 0 radical (unpaired) electrons. The first-order valence-corrected chi connectivity index (χ1v) is 4.13. The number of aromatic hydroxyl groups is 2. The van der Waals surface area contributed by atoms with Crippen LogP contribution in [0.15, 0.2) is 0 Å². The molecule has 0 unspecified atom stereocenters. The minimum Gasteiger partial charge on any atom is -0.506 e. The Morgan fingerprint density at radius 1 is 0.857 bits per heavy atom. The molecule has 2 N–H and O–H groups in total. The van der Waals surface area contributed by atoms with Gasteiger partial charge in [-0.25, -0.2) is 0 Å². The average Bonchev–Trinajstić information content (AvgIpc) is 2.17. The molecule has 6 heteroatoms. The van der Waals surface area contributed by atoms with Crippen LogP contribution in [0.4, 0.5) is 0 Å². The molecule has 0 atom stereocenters. The van der Waals surface area contributed by atoms with E-state index in [2.05, 4.69) is 0 Å². The highest BCUT2D eigenvalue weighted by atomic mass is 35.5. The van der Waals surface area contributed by atoms with E-state index in [1.54, 1.807) is 0 Å². The Morgan fingerprint density at radius 2 is 1.14 bits per heavy atom. The van der Waals surface area contributed by atoms with Gasteiger partial charge in [-0.3, -0.25) is 9.59 Å². The SMILES string of the molecule is O=Cc1c(O)c(Cl)c(C=O)c(O)c1Cl. The molecule has 14 heavy (non-hydrogen) atoms. The van der Waals surface area contributed by atoms with Crippen LogP contribution >= 0.6 is 23.2 Å². The third kappa shape index (κ3) is 1.42. The van der Waals surface area contributed by atoms with Gasteiger partial charge < -0.3 is 10.2 Å². The fourth-order valence-corrected chi connectivity index (χ4v) is 1.39. The fourth-order valence-electron chi connectivity index (χ4n) is 0.915. The van der Waals surface area contributed by atoms with Crippen LogP contribution in [0.25, 0.3) is 0 Å². The molecule has 0 aliphatic rings. The largest absolute Gasteiger partial charge is 0.506 e. The smallest absolute Gasteiger partial charge is 0.155 e. The Labute approximate surface area is 88.7 Å². The third-order valence-electron chi connectivity index (χ3n) is 1.63. The average molecular weight is 235 g/mol. The topological polar surface area (TPSA) is 74.6 Å². The summed E-state index contributed by atoms with van der Waals surface area (Å²) in [5.74, 6) is -1.24. The van der Waals surface area contributed by atoms with E-state index in [0.29, 0.717) is 0 Å². The summed E-state index contributed by atoms with van der Waals surface area (Å²) in [6.07, 6.45) is 0.468. The Morgan fingerprint density at radius 3 is 1.36 bits per heavy atom. The number of phenolic OH excluding ortho intramolecular Hbond substituents is 2. The van der Waals surface area contributed by atoms with Crippen molar-refractivity contribution in [1.82, 2.24) is 0 Å². The first-order chi connectivity index (χ1) is 6.54. The predicted octanol–water partition coefficient (Wildman–Crippen LogP) is 2.03. The zero-order valence-corrected chi connectivity index (χ0v) is 8.13. The van der Waals surface area contributed by atoms with Crippen LogP contribution in [0.1, 0.15) is 20.7 Å². The van der Waals surface area contributed by atoms with Gasteiger partial charge in [-0.05, 0) is 0 Å². The van der Waals surface area contributed by atoms with E-state index in [9.17, 15) is 19.8 Å². The Kier molecular flexibility index (Phi) is 2.98. The van der Waals surface area contributed by atoms with Crippen molar-refractivity contribution >= 4 is 35.8 Å². The standard InChI is InChI=1S/C8H4Cl2O4/c9-5-3(1-11)7(13)6(10)4(2-12)8(5)14/h1-2,13-14H. The molecule has 74 valence electrons. The second-order valence-corrected chi connectivity index (χ2v) is 3.14. The zero-order valence-electron chi connectivity index (χ0n) is 6.62. The number of carbonyl (C=O) groups excluding carboxylic acids is 2. The van der Waals surface area contributed by atoms with Gasteiger partial charge in [0.05, 0.1) is 21.2 Å². The summed E-state index contributed by atoms with van der Waals surface area (Å²) in [5, 5.41) is 17.8. The lowest BCUT2D eigenvalue weighted by Crippen LogP contribution is -1.92. The molecule has 0 saturated carbocycles.